The summed E-state index contributed by atoms with van der Waals surface area (Å²) in [7, 11) is -3.05. The van der Waals surface area contributed by atoms with Gasteiger partial charge in [0.1, 0.15) is 0 Å². The van der Waals surface area contributed by atoms with Crippen LogP contribution >= 0.6 is 11.6 Å². The zero-order valence-corrected chi connectivity index (χ0v) is 17.3. The molecule has 156 valence electrons. The molecule has 0 unspecified atom stereocenters. The van der Waals surface area contributed by atoms with Crippen LogP contribution in [0.3, 0.4) is 0 Å². The molecule has 1 N–H and O–H groups in total. The van der Waals surface area contributed by atoms with Crippen LogP contribution < -0.4 is 9.46 Å². The van der Waals surface area contributed by atoms with E-state index in [1.807, 2.05) is 0 Å². The molecule has 0 bridgehead atoms. The Hall–Kier alpha value is -3.75. The lowest BCUT2D eigenvalue weighted by molar-refractivity contribution is 0.385. The number of anilines is 1. The van der Waals surface area contributed by atoms with E-state index in [2.05, 4.69) is 36.6 Å². The molecular weight excluding hydrogens is 447 g/mol. The first-order valence-electron chi connectivity index (χ1n) is 8.55. The third kappa shape index (κ3) is 4.25. The molecule has 9 nitrogen and oxygen atoms in total. The fourth-order valence-electron chi connectivity index (χ4n) is 2.57. The van der Waals surface area contributed by atoms with Crippen molar-refractivity contribution in [2.45, 2.75) is 4.90 Å². The first-order chi connectivity index (χ1) is 14.9. The van der Waals surface area contributed by atoms with Gasteiger partial charge in [-0.05, 0) is 12.1 Å². The van der Waals surface area contributed by atoms with Crippen molar-refractivity contribution in [1.29, 1.82) is 0 Å². The van der Waals surface area contributed by atoms with Crippen LogP contribution in [0.2, 0.25) is 5.02 Å². The molecule has 0 aliphatic rings. The summed E-state index contributed by atoms with van der Waals surface area (Å²) in [5, 5.41) is 4.19. The first kappa shape index (κ1) is 20.5. The van der Waals surface area contributed by atoms with E-state index in [9.17, 15) is 12.8 Å². The van der Waals surface area contributed by atoms with Crippen molar-refractivity contribution in [3.8, 4) is 17.7 Å². The summed E-state index contributed by atoms with van der Waals surface area (Å²) in [6.07, 6.45) is 7.23. The van der Waals surface area contributed by atoms with E-state index in [-0.39, 0.29) is 21.4 Å². The van der Waals surface area contributed by atoms with E-state index in [0.29, 0.717) is 11.2 Å². The number of fused-ring (bicyclic) bond motifs is 1. The lowest BCUT2D eigenvalue weighted by Gasteiger charge is -2.11. The van der Waals surface area contributed by atoms with Gasteiger partial charge in [0.05, 0.1) is 23.9 Å². The quantitative estimate of drug-likeness (QED) is 0.468. The Balaban J connectivity index is 1.66. The highest BCUT2D eigenvalue weighted by Crippen LogP contribution is 2.27. The molecule has 4 rings (SSSR count). The summed E-state index contributed by atoms with van der Waals surface area (Å²) >= 11 is 5.84. The minimum absolute atomic E-state index is 0.0629. The zero-order chi connectivity index (χ0) is 22.0. The number of rotatable bonds is 4. The number of hydrogen-bond donors (Lipinski definition) is 1. The third-order valence-electron chi connectivity index (χ3n) is 3.98. The second-order valence-corrected chi connectivity index (χ2v) is 8.10. The van der Waals surface area contributed by atoms with Crippen molar-refractivity contribution in [2.75, 3.05) is 11.8 Å². The topological polar surface area (TPSA) is 111 Å². The molecule has 12 heteroatoms. The van der Waals surface area contributed by atoms with Crippen molar-refractivity contribution in [3.63, 3.8) is 0 Å². The summed E-state index contributed by atoms with van der Waals surface area (Å²) in [5.74, 6) is 3.75. The Morgan fingerprint density at radius 1 is 1.16 bits per heavy atom. The van der Waals surface area contributed by atoms with Gasteiger partial charge < -0.3 is 4.74 Å². The number of pyridine rings is 2. The van der Waals surface area contributed by atoms with Gasteiger partial charge in [0, 0.05) is 36.4 Å². The Morgan fingerprint density at radius 2 is 2.00 bits per heavy atom. The molecule has 0 saturated carbocycles. The molecule has 0 amide bonds. The molecule has 0 aliphatic carbocycles. The monoisotopic (exact) mass is 458 g/mol. The van der Waals surface area contributed by atoms with Crippen molar-refractivity contribution >= 4 is 33.1 Å². The van der Waals surface area contributed by atoms with Crippen LogP contribution in [0.1, 0.15) is 11.1 Å². The number of sulfonamides is 1. The maximum Gasteiger partial charge on any atom is 0.268 e. The average Bonchev–Trinajstić information content (AvgIpc) is 3.22. The number of nitrogens with one attached hydrogen (secondary N) is 1. The minimum Gasteiger partial charge on any atom is -0.480 e. The van der Waals surface area contributed by atoms with Crippen LogP contribution in [0.25, 0.3) is 5.65 Å². The zero-order valence-electron chi connectivity index (χ0n) is 15.7. The van der Waals surface area contributed by atoms with Crippen LogP contribution in [0, 0.1) is 17.7 Å². The lowest BCUT2D eigenvalue weighted by atomic mass is 10.2. The van der Waals surface area contributed by atoms with E-state index < -0.39 is 21.7 Å². The molecule has 0 fully saturated rings. The van der Waals surface area contributed by atoms with Gasteiger partial charge in [-0.25, -0.2) is 32.3 Å². The van der Waals surface area contributed by atoms with Crippen LogP contribution in [-0.2, 0) is 10.0 Å². The predicted molar refractivity (Wildman–Crippen MR) is 110 cm³/mol. The number of ether oxygens (including phenoxy) is 1. The SMILES string of the molecule is COc1ncc(Cl)cc1S(=O)(=O)Nc1nccc(C#Cc2cnn3ccnc3c2)c1F. The maximum atomic E-state index is 14.9. The van der Waals surface area contributed by atoms with Crippen molar-refractivity contribution in [3.05, 3.63) is 71.2 Å². The van der Waals surface area contributed by atoms with Gasteiger partial charge >= 0.3 is 0 Å². The molecule has 0 aliphatic heterocycles. The molecule has 0 spiro atoms. The maximum absolute atomic E-state index is 14.9. The summed E-state index contributed by atoms with van der Waals surface area (Å²) in [5.41, 5.74) is 1.03. The molecular formula is C19H12ClFN6O3S. The van der Waals surface area contributed by atoms with Gasteiger partial charge in [-0.15, -0.1) is 0 Å². The number of imidazole rings is 1. The van der Waals surface area contributed by atoms with E-state index in [1.165, 1.54) is 31.8 Å². The smallest absolute Gasteiger partial charge is 0.268 e. The fourth-order valence-corrected chi connectivity index (χ4v) is 3.94. The van der Waals surface area contributed by atoms with E-state index in [0.717, 1.165) is 6.07 Å². The lowest BCUT2D eigenvalue weighted by Crippen LogP contribution is -2.17. The standard InChI is InChI=1S/C19H12ClFN6O3S/c1-30-19-15(9-14(20)11-24-19)31(28,29)26-18-17(21)13(4-5-23-18)3-2-12-8-16-22-6-7-27(16)25-10-12/h4-11H,1H3,(H,23,26). The van der Waals surface area contributed by atoms with Crippen molar-refractivity contribution < 1.29 is 17.5 Å². The van der Waals surface area contributed by atoms with E-state index >= 15 is 0 Å². The Labute approximate surface area is 180 Å². The summed E-state index contributed by atoms with van der Waals surface area (Å²) in [6, 6.07) is 4.14. The Bertz CT molecular complexity index is 1460. The van der Waals surface area contributed by atoms with Crippen LogP contribution in [0.5, 0.6) is 5.88 Å². The molecule has 4 heterocycles. The molecule has 31 heavy (non-hydrogen) atoms. The van der Waals surface area contributed by atoms with E-state index in [1.54, 1.807) is 23.0 Å². The Kier molecular flexibility index (Phi) is 5.41. The second-order valence-electron chi connectivity index (χ2n) is 6.01. The van der Waals surface area contributed by atoms with Gasteiger partial charge in [-0.1, -0.05) is 23.4 Å². The molecule has 0 saturated heterocycles. The van der Waals surface area contributed by atoms with Gasteiger partial charge in [0.15, 0.2) is 22.2 Å². The van der Waals surface area contributed by atoms with Gasteiger partial charge in [-0.2, -0.15) is 5.10 Å². The number of halogens is 2. The van der Waals surface area contributed by atoms with Gasteiger partial charge in [0.25, 0.3) is 10.0 Å². The van der Waals surface area contributed by atoms with Gasteiger partial charge in [0.2, 0.25) is 5.88 Å². The molecule has 4 aromatic rings. The van der Waals surface area contributed by atoms with Crippen LogP contribution in [-0.4, -0.2) is 40.1 Å². The summed E-state index contributed by atoms with van der Waals surface area (Å²) in [6.45, 7) is 0. The number of methoxy groups -OCH3 is 1. The fraction of sp³-hybridized carbons (Fsp3) is 0.0526. The highest BCUT2D eigenvalue weighted by atomic mass is 35.5. The first-order valence-corrected chi connectivity index (χ1v) is 10.4. The number of hydrogen-bond acceptors (Lipinski definition) is 7. The average molecular weight is 459 g/mol. The third-order valence-corrected chi connectivity index (χ3v) is 5.53. The Morgan fingerprint density at radius 3 is 2.81 bits per heavy atom. The van der Waals surface area contributed by atoms with Crippen LogP contribution in [0.15, 0.2) is 54.1 Å². The van der Waals surface area contributed by atoms with E-state index in [4.69, 9.17) is 16.3 Å². The number of aromatic nitrogens is 5. The largest absolute Gasteiger partial charge is 0.480 e. The molecule has 0 atom stereocenters. The van der Waals surface area contributed by atoms with Crippen molar-refractivity contribution in [1.82, 2.24) is 24.6 Å². The molecule has 4 aromatic heterocycles. The van der Waals surface area contributed by atoms with Crippen LogP contribution in [0.4, 0.5) is 10.2 Å². The normalized spacial score (nSPS) is 11.1. The number of nitrogens with zero attached hydrogens (tertiary/aromatic N) is 5. The highest BCUT2D eigenvalue weighted by molar-refractivity contribution is 7.92. The molecule has 0 aromatic carbocycles. The van der Waals surface area contributed by atoms with Gasteiger partial charge in [-0.3, -0.25) is 4.72 Å². The second kappa shape index (κ2) is 8.17. The summed E-state index contributed by atoms with van der Waals surface area (Å²) < 4.78 is 48.9. The minimum atomic E-state index is -4.30. The molecule has 0 radical (unpaired) electrons. The summed E-state index contributed by atoms with van der Waals surface area (Å²) in [4.78, 5) is 11.3. The van der Waals surface area contributed by atoms with Crippen molar-refractivity contribution in [2.24, 2.45) is 0 Å². The predicted octanol–water partition coefficient (Wildman–Crippen LogP) is 2.52. The highest BCUT2D eigenvalue weighted by Gasteiger charge is 2.24.